The van der Waals surface area contributed by atoms with Crippen LogP contribution in [-0.2, 0) is 11.3 Å². The van der Waals surface area contributed by atoms with Gasteiger partial charge in [-0.3, -0.25) is 4.79 Å². The molecule has 3 rings (SSSR count). The molecule has 1 aromatic carbocycles. The van der Waals surface area contributed by atoms with Gasteiger partial charge in [-0.15, -0.1) is 0 Å². The monoisotopic (exact) mass is 288 g/mol. The molecule has 1 aliphatic rings. The third kappa shape index (κ3) is 2.35. The second-order valence-corrected chi connectivity index (χ2v) is 5.55. The van der Waals surface area contributed by atoms with Crippen LogP contribution in [0.2, 0.25) is 0 Å². The molecule has 6 heteroatoms. The highest BCUT2D eigenvalue weighted by atomic mass is 16.3. The van der Waals surface area contributed by atoms with E-state index in [1.54, 1.807) is 4.90 Å². The number of fused-ring (bicyclic) bond motifs is 1. The van der Waals surface area contributed by atoms with Crippen LogP contribution in [-0.4, -0.2) is 45.7 Å². The van der Waals surface area contributed by atoms with Gasteiger partial charge >= 0.3 is 0 Å². The van der Waals surface area contributed by atoms with E-state index in [1.165, 1.54) is 0 Å². The van der Waals surface area contributed by atoms with Crippen LogP contribution in [0.4, 0.5) is 5.95 Å². The molecule has 0 aliphatic carbocycles. The lowest BCUT2D eigenvalue weighted by Crippen LogP contribution is -2.21. The van der Waals surface area contributed by atoms with Crippen molar-refractivity contribution in [2.45, 2.75) is 25.3 Å². The first kappa shape index (κ1) is 13.9. The van der Waals surface area contributed by atoms with Crippen molar-refractivity contribution in [2.24, 2.45) is 0 Å². The van der Waals surface area contributed by atoms with Crippen LogP contribution >= 0.6 is 0 Å². The Morgan fingerprint density at radius 1 is 1.48 bits per heavy atom. The zero-order chi connectivity index (χ0) is 15.0. The Labute approximate surface area is 123 Å². The summed E-state index contributed by atoms with van der Waals surface area (Å²) in [7, 11) is 1.84. The number of anilines is 1. The quantitative estimate of drug-likeness (QED) is 0.877. The number of hydrogen-bond donors (Lipinski definition) is 2. The highest BCUT2D eigenvalue weighted by Gasteiger charge is 2.30. The van der Waals surface area contributed by atoms with E-state index in [0.717, 1.165) is 29.6 Å². The summed E-state index contributed by atoms with van der Waals surface area (Å²) in [6.45, 7) is 1.57. The van der Waals surface area contributed by atoms with E-state index in [0.29, 0.717) is 18.9 Å². The summed E-state index contributed by atoms with van der Waals surface area (Å²) in [5.74, 6) is 0.552. The number of amides is 1. The van der Waals surface area contributed by atoms with E-state index in [9.17, 15) is 4.79 Å². The Balaban J connectivity index is 1.96. The van der Waals surface area contributed by atoms with Gasteiger partial charge in [0.05, 0.1) is 17.0 Å². The number of aliphatic hydroxyl groups is 1. The highest BCUT2D eigenvalue weighted by Crippen LogP contribution is 2.30. The molecule has 2 aromatic rings. The summed E-state index contributed by atoms with van der Waals surface area (Å²) in [5, 5.41) is 8.95. The molecule has 1 aliphatic heterocycles. The summed E-state index contributed by atoms with van der Waals surface area (Å²) in [6, 6.07) is 5.92. The molecule has 1 saturated heterocycles. The van der Waals surface area contributed by atoms with Crippen molar-refractivity contribution < 1.29 is 9.90 Å². The lowest BCUT2D eigenvalue weighted by Gasteiger charge is -2.11. The lowest BCUT2D eigenvalue weighted by molar-refractivity contribution is -0.127. The number of hydrogen-bond acceptors (Lipinski definition) is 4. The number of likely N-dealkylation sites (N-methyl/N-ethyl adjacent to an activating group) is 1. The fourth-order valence-electron chi connectivity index (χ4n) is 2.98. The molecular weight excluding hydrogens is 268 g/mol. The number of carbonyl (C=O) groups is 1. The Morgan fingerprint density at radius 3 is 2.95 bits per heavy atom. The first-order chi connectivity index (χ1) is 10.1. The summed E-state index contributed by atoms with van der Waals surface area (Å²) >= 11 is 0. The fourth-order valence-corrected chi connectivity index (χ4v) is 2.98. The van der Waals surface area contributed by atoms with Gasteiger partial charge in [-0.25, -0.2) is 4.98 Å². The van der Waals surface area contributed by atoms with Gasteiger partial charge in [0.2, 0.25) is 11.9 Å². The molecule has 0 radical (unpaired) electrons. The number of nitrogen functional groups attached to an aromatic ring is 1. The number of rotatable bonds is 4. The molecule has 0 saturated carbocycles. The maximum absolute atomic E-state index is 12.1. The van der Waals surface area contributed by atoms with Crippen molar-refractivity contribution in [3.05, 3.63) is 23.8 Å². The molecule has 1 unspecified atom stereocenters. The molecule has 0 spiro atoms. The largest absolute Gasteiger partial charge is 0.396 e. The van der Waals surface area contributed by atoms with Gasteiger partial charge in [0.25, 0.3) is 0 Å². The van der Waals surface area contributed by atoms with Crippen LogP contribution in [0.3, 0.4) is 0 Å². The molecule has 6 nitrogen and oxygen atoms in total. The number of aryl methyl sites for hydroxylation is 1. The molecule has 1 atom stereocenters. The lowest BCUT2D eigenvalue weighted by atomic mass is 9.97. The minimum Gasteiger partial charge on any atom is -0.396 e. The second kappa shape index (κ2) is 5.37. The third-order valence-electron chi connectivity index (χ3n) is 4.17. The van der Waals surface area contributed by atoms with Gasteiger partial charge in [0.15, 0.2) is 0 Å². The van der Waals surface area contributed by atoms with Crippen LogP contribution in [0.15, 0.2) is 18.2 Å². The second-order valence-electron chi connectivity index (χ2n) is 5.55. The van der Waals surface area contributed by atoms with Crippen LogP contribution in [0, 0.1) is 0 Å². The molecule has 3 N–H and O–H groups in total. The average Bonchev–Trinajstić information content (AvgIpc) is 2.96. The molecule has 1 fully saturated rings. The summed E-state index contributed by atoms with van der Waals surface area (Å²) in [4.78, 5) is 18.2. The summed E-state index contributed by atoms with van der Waals surface area (Å²) in [5.41, 5.74) is 8.70. The van der Waals surface area contributed by atoms with E-state index in [-0.39, 0.29) is 18.4 Å². The van der Waals surface area contributed by atoms with Crippen molar-refractivity contribution in [1.82, 2.24) is 14.5 Å². The predicted octanol–water partition coefficient (Wildman–Crippen LogP) is 0.947. The number of carbonyl (C=O) groups excluding carboxylic acids is 1. The molecule has 1 amide bonds. The van der Waals surface area contributed by atoms with Gasteiger partial charge in [-0.2, -0.15) is 0 Å². The Bertz CT molecular complexity index is 680. The van der Waals surface area contributed by atoms with Gasteiger partial charge in [-0.1, -0.05) is 6.07 Å². The Morgan fingerprint density at radius 2 is 2.29 bits per heavy atom. The number of nitrogens with zero attached hydrogens (tertiary/aromatic N) is 3. The number of nitrogens with two attached hydrogens (primary N) is 1. The van der Waals surface area contributed by atoms with E-state index >= 15 is 0 Å². The van der Waals surface area contributed by atoms with E-state index in [1.807, 2.05) is 29.8 Å². The maximum Gasteiger partial charge on any atom is 0.229 e. The predicted molar refractivity (Wildman–Crippen MR) is 80.8 cm³/mol. The van der Waals surface area contributed by atoms with E-state index in [2.05, 4.69) is 4.98 Å². The van der Waals surface area contributed by atoms with Gasteiger partial charge in [0.1, 0.15) is 0 Å². The summed E-state index contributed by atoms with van der Waals surface area (Å²) < 4.78 is 1.90. The number of imidazole rings is 1. The SMILES string of the molecule is CN1CCC(c2ccc3c(c2)nc(N)n3CCCO)C1=O. The average molecular weight is 288 g/mol. The molecular formula is C15H20N4O2. The normalized spacial score (nSPS) is 18.9. The fraction of sp³-hybridized carbons (Fsp3) is 0.467. The number of benzene rings is 1. The van der Waals surface area contributed by atoms with E-state index in [4.69, 9.17) is 10.8 Å². The zero-order valence-electron chi connectivity index (χ0n) is 12.1. The minimum absolute atomic E-state index is 0.0665. The number of aliphatic hydroxyl groups excluding tert-OH is 1. The molecule has 112 valence electrons. The molecule has 0 bridgehead atoms. The van der Waals surface area contributed by atoms with Crippen molar-refractivity contribution in [3.8, 4) is 0 Å². The number of aromatic nitrogens is 2. The first-order valence-corrected chi connectivity index (χ1v) is 7.23. The van der Waals surface area contributed by atoms with E-state index < -0.39 is 0 Å². The van der Waals surface area contributed by atoms with Gasteiger partial charge in [0, 0.05) is 26.7 Å². The van der Waals surface area contributed by atoms with Crippen molar-refractivity contribution in [1.29, 1.82) is 0 Å². The Kier molecular flexibility index (Phi) is 3.55. The van der Waals surface area contributed by atoms with Crippen molar-refractivity contribution in [3.63, 3.8) is 0 Å². The van der Waals surface area contributed by atoms with Crippen LogP contribution in [0.5, 0.6) is 0 Å². The zero-order valence-corrected chi connectivity index (χ0v) is 12.1. The van der Waals surface area contributed by atoms with Crippen LogP contribution in [0.25, 0.3) is 11.0 Å². The minimum atomic E-state index is -0.0665. The molecule has 1 aromatic heterocycles. The summed E-state index contributed by atoms with van der Waals surface area (Å²) in [6.07, 6.45) is 1.49. The standard InChI is InChI=1S/C15H20N4O2/c1-18-7-5-11(14(18)21)10-3-4-13-12(9-10)17-15(16)19(13)6-2-8-20/h3-4,9,11,20H,2,5-8H2,1H3,(H2,16,17). The highest BCUT2D eigenvalue weighted by molar-refractivity contribution is 5.87. The smallest absolute Gasteiger partial charge is 0.229 e. The van der Waals surface area contributed by atoms with Gasteiger partial charge < -0.3 is 20.3 Å². The van der Waals surface area contributed by atoms with Crippen LogP contribution < -0.4 is 5.73 Å². The van der Waals surface area contributed by atoms with Crippen molar-refractivity contribution >= 4 is 22.9 Å². The third-order valence-corrected chi connectivity index (χ3v) is 4.17. The first-order valence-electron chi connectivity index (χ1n) is 7.23. The number of likely N-dealkylation sites (tertiary alicyclic amines) is 1. The topological polar surface area (TPSA) is 84.4 Å². The van der Waals surface area contributed by atoms with Gasteiger partial charge in [-0.05, 0) is 30.5 Å². The molecule has 21 heavy (non-hydrogen) atoms. The molecule has 2 heterocycles. The maximum atomic E-state index is 12.1. The van der Waals surface area contributed by atoms with Crippen molar-refractivity contribution in [2.75, 3.05) is 25.9 Å². The Hall–Kier alpha value is -2.08. The van der Waals surface area contributed by atoms with Crippen LogP contribution in [0.1, 0.15) is 24.3 Å².